The fourth-order valence-corrected chi connectivity index (χ4v) is 5.19. The average Bonchev–Trinajstić information content (AvgIpc) is 3.38. The van der Waals surface area contributed by atoms with E-state index in [1.54, 1.807) is 0 Å². The van der Waals surface area contributed by atoms with Gasteiger partial charge in [-0.2, -0.15) is 0 Å². The van der Waals surface area contributed by atoms with Gasteiger partial charge in [0.2, 0.25) is 0 Å². The van der Waals surface area contributed by atoms with Crippen molar-refractivity contribution < 1.29 is 9.53 Å². The summed E-state index contributed by atoms with van der Waals surface area (Å²) in [5.74, 6) is 1.61. The van der Waals surface area contributed by atoms with Crippen LogP contribution in [0.15, 0.2) is 30.0 Å². The molecule has 1 aromatic heterocycles. The van der Waals surface area contributed by atoms with Crippen molar-refractivity contribution in [3.8, 4) is 16.9 Å². The Kier molecular flexibility index (Phi) is 4.36. The maximum Gasteiger partial charge on any atom is 0.264 e. The van der Waals surface area contributed by atoms with Gasteiger partial charge in [-0.1, -0.05) is 23.3 Å². The van der Waals surface area contributed by atoms with Crippen LogP contribution in [0.5, 0.6) is 5.75 Å². The van der Waals surface area contributed by atoms with Gasteiger partial charge in [-0.05, 0) is 42.5 Å². The van der Waals surface area contributed by atoms with Crippen LogP contribution in [0.1, 0.15) is 29.7 Å². The number of allylic oxidation sites excluding steroid dienone is 1. The fraction of sp³-hybridized carbons (Fsp3) is 0.417. The number of benzene rings is 1. The normalized spacial score (nSPS) is 22.4. The first-order chi connectivity index (χ1) is 14.7. The van der Waals surface area contributed by atoms with Gasteiger partial charge in [0, 0.05) is 66.9 Å². The number of nitrogens with one attached hydrogen (secondary N) is 1. The van der Waals surface area contributed by atoms with Crippen LogP contribution < -0.4 is 10.1 Å². The minimum atomic E-state index is -0.470. The van der Waals surface area contributed by atoms with E-state index in [1.807, 2.05) is 29.3 Å². The lowest BCUT2D eigenvalue weighted by Gasteiger charge is -2.29. The van der Waals surface area contributed by atoms with Crippen LogP contribution in [-0.4, -0.2) is 48.1 Å². The van der Waals surface area contributed by atoms with Gasteiger partial charge in [0.15, 0.2) is 6.10 Å². The molecule has 1 N–H and O–H groups in total. The summed E-state index contributed by atoms with van der Waals surface area (Å²) >= 11 is 6.50. The number of hydrogen-bond acceptors (Lipinski definition) is 4. The summed E-state index contributed by atoms with van der Waals surface area (Å²) in [5, 5.41) is 3.97. The first-order valence-corrected chi connectivity index (χ1v) is 11.2. The molecule has 1 unspecified atom stereocenters. The molecule has 4 aliphatic rings. The van der Waals surface area contributed by atoms with Gasteiger partial charge in [0.25, 0.3) is 5.91 Å². The van der Waals surface area contributed by atoms with E-state index in [0.717, 1.165) is 66.7 Å². The van der Waals surface area contributed by atoms with Gasteiger partial charge in [0.1, 0.15) is 5.75 Å². The highest BCUT2D eigenvalue weighted by molar-refractivity contribution is 6.31. The lowest BCUT2D eigenvalue weighted by Crippen LogP contribution is -2.50. The number of rotatable bonds is 3. The zero-order valence-corrected chi connectivity index (χ0v) is 17.5. The van der Waals surface area contributed by atoms with Crippen molar-refractivity contribution in [3.05, 3.63) is 51.8 Å². The molecule has 1 saturated heterocycles. The van der Waals surface area contributed by atoms with E-state index in [2.05, 4.69) is 16.4 Å². The zero-order valence-electron chi connectivity index (χ0n) is 16.8. The molecule has 0 radical (unpaired) electrons. The highest BCUT2D eigenvalue weighted by atomic mass is 35.5. The second-order valence-corrected chi connectivity index (χ2v) is 9.15. The minimum Gasteiger partial charge on any atom is -0.479 e. The molecule has 6 heteroatoms. The molecule has 1 amide bonds. The highest BCUT2D eigenvalue weighted by Gasteiger charge is 2.36. The Morgan fingerprint density at radius 1 is 1.20 bits per heavy atom. The van der Waals surface area contributed by atoms with E-state index >= 15 is 0 Å². The Labute approximate surface area is 181 Å². The van der Waals surface area contributed by atoms with E-state index in [4.69, 9.17) is 16.3 Å². The lowest BCUT2D eigenvalue weighted by atomic mass is 9.97. The summed E-state index contributed by atoms with van der Waals surface area (Å²) in [7, 11) is 0. The monoisotopic (exact) mass is 421 g/mol. The molecule has 2 aromatic rings. The minimum absolute atomic E-state index is 0.0747. The van der Waals surface area contributed by atoms with Crippen LogP contribution in [0.2, 0.25) is 5.02 Å². The first-order valence-electron chi connectivity index (χ1n) is 10.8. The largest absolute Gasteiger partial charge is 0.479 e. The third kappa shape index (κ3) is 3.12. The SMILES string of the molecule is O=C(C1Cc2cc(Cl)cc(-c3ccnc4c3C=C(C3CC3)C4)c2O1)N1CCNCC1. The Balaban J connectivity index is 1.36. The number of piperazine rings is 1. The summed E-state index contributed by atoms with van der Waals surface area (Å²) in [6, 6.07) is 5.96. The molecule has 0 spiro atoms. The predicted octanol–water partition coefficient (Wildman–Crippen LogP) is 3.49. The van der Waals surface area contributed by atoms with Crippen molar-refractivity contribution in [1.29, 1.82) is 0 Å². The smallest absolute Gasteiger partial charge is 0.264 e. The first kappa shape index (κ1) is 18.4. The van der Waals surface area contributed by atoms with Crippen molar-refractivity contribution in [1.82, 2.24) is 15.2 Å². The second kappa shape index (κ2) is 7.10. The van der Waals surface area contributed by atoms with E-state index in [1.165, 1.54) is 24.0 Å². The van der Waals surface area contributed by atoms with E-state index < -0.39 is 6.10 Å². The van der Waals surface area contributed by atoms with Crippen LogP contribution in [0.4, 0.5) is 0 Å². The van der Waals surface area contributed by atoms with Crippen LogP contribution in [-0.2, 0) is 17.6 Å². The van der Waals surface area contributed by atoms with Gasteiger partial charge < -0.3 is 15.0 Å². The number of halogens is 1. The van der Waals surface area contributed by atoms with Crippen LogP contribution in [0.25, 0.3) is 17.2 Å². The zero-order chi connectivity index (χ0) is 20.2. The predicted molar refractivity (Wildman–Crippen MR) is 117 cm³/mol. The fourth-order valence-electron chi connectivity index (χ4n) is 4.95. The summed E-state index contributed by atoms with van der Waals surface area (Å²) < 4.78 is 6.30. The maximum absolute atomic E-state index is 13.0. The molecule has 154 valence electrons. The molecule has 2 aliphatic heterocycles. The summed E-state index contributed by atoms with van der Waals surface area (Å²) in [5.41, 5.74) is 6.90. The number of aromatic nitrogens is 1. The van der Waals surface area contributed by atoms with Gasteiger partial charge >= 0.3 is 0 Å². The molecule has 2 aliphatic carbocycles. The molecule has 1 saturated carbocycles. The van der Waals surface area contributed by atoms with E-state index in [0.29, 0.717) is 11.4 Å². The van der Waals surface area contributed by atoms with Crippen LogP contribution in [0, 0.1) is 5.92 Å². The highest BCUT2D eigenvalue weighted by Crippen LogP contribution is 2.47. The molecule has 1 atom stereocenters. The molecule has 2 fully saturated rings. The Bertz CT molecular complexity index is 1070. The number of carbonyl (C=O) groups is 1. The number of amides is 1. The van der Waals surface area contributed by atoms with E-state index in [9.17, 15) is 4.79 Å². The standard InChI is InChI=1S/C24H24ClN3O2/c25-17-9-16-12-22(24(29)28-7-5-26-6-8-28)30-23(16)20(13-17)18-3-4-27-21-11-15(10-19(18)21)14-1-2-14/h3-4,9-10,13-14,22,26H,1-2,5-8,11-12H2. The van der Waals surface area contributed by atoms with Gasteiger partial charge in [0.05, 0.1) is 5.69 Å². The van der Waals surface area contributed by atoms with Gasteiger partial charge in [-0.3, -0.25) is 9.78 Å². The summed E-state index contributed by atoms with van der Waals surface area (Å²) in [6.45, 7) is 3.13. The number of fused-ring (bicyclic) bond motifs is 2. The summed E-state index contributed by atoms with van der Waals surface area (Å²) in [6.07, 6.45) is 7.83. The molecule has 6 rings (SSSR count). The number of nitrogens with zero attached hydrogens (tertiary/aromatic N) is 2. The third-order valence-electron chi connectivity index (χ3n) is 6.67. The van der Waals surface area contributed by atoms with Crippen LogP contribution >= 0.6 is 11.6 Å². The second-order valence-electron chi connectivity index (χ2n) is 8.72. The Morgan fingerprint density at radius 3 is 2.83 bits per heavy atom. The molecule has 3 heterocycles. The van der Waals surface area contributed by atoms with Crippen LogP contribution in [0.3, 0.4) is 0 Å². The quantitative estimate of drug-likeness (QED) is 0.824. The van der Waals surface area contributed by atoms with Gasteiger partial charge in [-0.15, -0.1) is 0 Å². The molecular formula is C24H24ClN3O2. The number of ether oxygens (including phenoxy) is 1. The average molecular weight is 422 g/mol. The van der Waals surface area contributed by atoms with E-state index in [-0.39, 0.29) is 5.91 Å². The number of carbonyl (C=O) groups excluding carboxylic acids is 1. The molecule has 30 heavy (non-hydrogen) atoms. The number of pyridine rings is 1. The van der Waals surface area contributed by atoms with Crippen molar-refractivity contribution in [2.75, 3.05) is 26.2 Å². The van der Waals surface area contributed by atoms with Crippen molar-refractivity contribution in [2.45, 2.75) is 31.8 Å². The molecule has 5 nitrogen and oxygen atoms in total. The third-order valence-corrected chi connectivity index (χ3v) is 6.88. The topological polar surface area (TPSA) is 54.5 Å². The lowest BCUT2D eigenvalue weighted by molar-refractivity contribution is -0.138. The summed E-state index contributed by atoms with van der Waals surface area (Å²) in [4.78, 5) is 19.6. The maximum atomic E-state index is 13.0. The van der Waals surface area contributed by atoms with Crippen molar-refractivity contribution in [3.63, 3.8) is 0 Å². The molecule has 0 bridgehead atoms. The Morgan fingerprint density at radius 2 is 2.03 bits per heavy atom. The van der Waals surface area contributed by atoms with Crippen molar-refractivity contribution in [2.24, 2.45) is 5.92 Å². The van der Waals surface area contributed by atoms with Crippen molar-refractivity contribution >= 4 is 23.6 Å². The Hall–Kier alpha value is -2.37. The van der Waals surface area contributed by atoms with Gasteiger partial charge in [-0.25, -0.2) is 0 Å². The molecular weight excluding hydrogens is 398 g/mol. The number of hydrogen-bond donors (Lipinski definition) is 1. The molecule has 1 aromatic carbocycles.